The minimum atomic E-state index is -0.588. The number of likely N-dealkylation sites (tertiary alicyclic amines) is 2. The molecule has 0 saturated carbocycles. The van der Waals surface area contributed by atoms with Gasteiger partial charge in [-0.05, 0) is 93.2 Å². The van der Waals surface area contributed by atoms with Crippen molar-refractivity contribution in [2.75, 3.05) is 26.2 Å². The minimum absolute atomic E-state index is 0.103. The van der Waals surface area contributed by atoms with E-state index in [0.29, 0.717) is 31.7 Å². The van der Waals surface area contributed by atoms with Gasteiger partial charge in [-0.1, -0.05) is 23.7 Å². The van der Waals surface area contributed by atoms with Crippen molar-refractivity contribution in [1.29, 1.82) is 0 Å². The standard InChI is InChI=1S/C29H35ClF2N2O/c1-18-13-24-19(14-25(18)30)7-8-29(24)9-11-33(12-10-29)27(35)23-17-34(28(2,3)4)16-22(23)21-6-5-20(31)15-26(21)32/h5-6,13-15,22-23H,7-12,16-17H2,1-4H3/t22-,23+/m0/s1. The Morgan fingerprint density at radius 2 is 1.77 bits per heavy atom. The van der Waals surface area contributed by atoms with Gasteiger partial charge in [0.25, 0.3) is 0 Å². The molecular weight excluding hydrogens is 466 g/mol. The summed E-state index contributed by atoms with van der Waals surface area (Å²) in [5.41, 5.74) is 4.31. The molecule has 2 aromatic carbocycles. The monoisotopic (exact) mass is 500 g/mol. The second kappa shape index (κ2) is 8.85. The molecule has 5 rings (SSSR count). The number of halogens is 3. The number of amides is 1. The molecule has 1 amide bonds. The zero-order chi connectivity index (χ0) is 25.1. The molecule has 0 radical (unpaired) electrons. The van der Waals surface area contributed by atoms with Crippen LogP contribution < -0.4 is 0 Å². The highest BCUT2D eigenvalue weighted by Gasteiger charge is 2.47. The highest BCUT2D eigenvalue weighted by Crippen LogP contribution is 2.48. The topological polar surface area (TPSA) is 23.6 Å². The van der Waals surface area contributed by atoms with Gasteiger partial charge in [0.15, 0.2) is 0 Å². The third-order valence-electron chi connectivity index (χ3n) is 8.81. The van der Waals surface area contributed by atoms with Gasteiger partial charge in [0.2, 0.25) is 5.91 Å². The van der Waals surface area contributed by atoms with Crippen LogP contribution in [0.5, 0.6) is 0 Å². The normalized spacial score (nSPS) is 24.3. The molecule has 1 spiro atoms. The van der Waals surface area contributed by atoms with Gasteiger partial charge in [-0.2, -0.15) is 0 Å². The van der Waals surface area contributed by atoms with Crippen LogP contribution in [0.2, 0.25) is 5.02 Å². The Morgan fingerprint density at radius 1 is 1.06 bits per heavy atom. The first kappa shape index (κ1) is 24.7. The number of carbonyl (C=O) groups excluding carboxylic acids is 1. The van der Waals surface area contributed by atoms with Crippen LogP contribution in [0.25, 0.3) is 0 Å². The summed E-state index contributed by atoms with van der Waals surface area (Å²) in [5, 5.41) is 0.831. The molecule has 0 N–H and O–H groups in total. The Labute approximate surface area is 212 Å². The molecule has 6 heteroatoms. The fourth-order valence-corrected chi connectivity index (χ4v) is 6.75. The number of fused-ring (bicyclic) bond motifs is 2. The summed E-state index contributed by atoms with van der Waals surface area (Å²) < 4.78 is 28.4. The average Bonchev–Trinajstić information content (AvgIpc) is 3.38. The van der Waals surface area contributed by atoms with E-state index >= 15 is 0 Å². The lowest BCUT2D eigenvalue weighted by Crippen LogP contribution is -2.48. The van der Waals surface area contributed by atoms with Crippen LogP contribution in [0, 0.1) is 24.5 Å². The van der Waals surface area contributed by atoms with Crippen LogP contribution in [0.15, 0.2) is 30.3 Å². The second-order valence-corrected chi connectivity index (χ2v) is 12.2. The number of aryl methyl sites for hydroxylation is 2. The van der Waals surface area contributed by atoms with Gasteiger partial charge in [-0.15, -0.1) is 0 Å². The first-order valence-electron chi connectivity index (χ1n) is 12.8. The van der Waals surface area contributed by atoms with Crippen LogP contribution in [-0.4, -0.2) is 47.4 Å². The third-order valence-corrected chi connectivity index (χ3v) is 9.22. The summed E-state index contributed by atoms with van der Waals surface area (Å²) in [6, 6.07) is 8.15. The molecule has 2 aliphatic heterocycles. The molecule has 3 aliphatic rings. The summed E-state index contributed by atoms with van der Waals surface area (Å²) in [6.07, 6.45) is 4.03. The van der Waals surface area contributed by atoms with Gasteiger partial charge in [0.1, 0.15) is 11.6 Å². The fourth-order valence-electron chi connectivity index (χ4n) is 6.56. The summed E-state index contributed by atoms with van der Waals surface area (Å²) >= 11 is 6.38. The van der Waals surface area contributed by atoms with E-state index < -0.39 is 11.6 Å². The second-order valence-electron chi connectivity index (χ2n) is 11.8. The number of hydrogen-bond donors (Lipinski definition) is 0. The highest BCUT2D eigenvalue weighted by atomic mass is 35.5. The molecule has 2 aromatic rings. The van der Waals surface area contributed by atoms with Gasteiger partial charge in [0.05, 0.1) is 5.92 Å². The largest absolute Gasteiger partial charge is 0.342 e. The molecule has 2 fully saturated rings. The van der Waals surface area contributed by atoms with Crippen LogP contribution in [0.3, 0.4) is 0 Å². The lowest BCUT2D eigenvalue weighted by molar-refractivity contribution is -0.137. The van der Waals surface area contributed by atoms with Gasteiger partial charge < -0.3 is 4.90 Å². The van der Waals surface area contributed by atoms with E-state index in [2.05, 4.69) is 44.7 Å². The summed E-state index contributed by atoms with van der Waals surface area (Å²) in [6.45, 7) is 11.0. The average molecular weight is 501 g/mol. The number of rotatable bonds is 2. The van der Waals surface area contributed by atoms with Crippen molar-refractivity contribution in [3.05, 3.63) is 69.2 Å². The Balaban J connectivity index is 1.36. The molecular formula is C29H35ClF2N2O. The maximum atomic E-state index is 14.8. The molecule has 0 bridgehead atoms. The minimum Gasteiger partial charge on any atom is -0.342 e. The first-order valence-corrected chi connectivity index (χ1v) is 13.1. The van der Waals surface area contributed by atoms with E-state index in [1.807, 2.05) is 4.90 Å². The van der Waals surface area contributed by atoms with E-state index in [4.69, 9.17) is 11.6 Å². The number of piperidine rings is 1. The lowest BCUT2D eigenvalue weighted by Gasteiger charge is -2.41. The van der Waals surface area contributed by atoms with Crippen LogP contribution in [0.1, 0.15) is 68.2 Å². The first-order chi connectivity index (χ1) is 16.5. The Bertz CT molecular complexity index is 1150. The number of carbonyl (C=O) groups is 1. The molecule has 2 heterocycles. The molecule has 188 valence electrons. The molecule has 2 atom stereocenters. The lowest BCUT2D eigenvalue weighted by atomic mass is 9.73. The van der Waals surface area contributed by atoms with Crippen molar-refractivity contribution in [3.63, 3.8) is 0 Å². The van der Waals surface area contributed by atoms with Crippen molar-refractivity contribution in [1.82, 2.24) is 9.80 Å². The van der Waals surface area contributed by atoms with E-state index in [0.717, 1.165) is 42.3 Å². The van der Waals surface area contributed by atoms with Crippen LogP contribution in [-0.2, 0) is 16.6 Å². The van der Waals surface area contributed by atoms with Crippen LogP contribution in [0.4, 0.5) is 8.78 Å². The van der Waals surface area contributed by atoms with Gasteiger partial charge >= 0.3 is 0 Å². The van der Waals surface area contributed by atoms with Gasteiger partial charge in [-0.25, -0.2) is 8.78 Å². The molecule has 3 nitrogen and oxygen atoms in total. The fraction of sp³-hybridized carbons (Fsp3) is 0.552. The summed E-state index contributed by atoms with van der Waals surface area (Å²) in [4.78, 5) is 18.1. The molecule has 0 unspecified atom stereocenters. The number of nitrogens with zero attached hydrogens (tertiary/aromatic N) is 2. The van der Waals surface area contributed by atoms with Crippen molar-refractivity contribution >= 4 is 17.5 Å². The van der Waals surface area contributed by atoms with Crippen molar-refractivity contribution < 1.29 is 13.6 Å². The Kier molecular flexibility index (Phi) is 6.24. The van der Waals surface area contributed by atoms with E-state index in [9.17, 15) is 13.6 Å². The predicted octanol–water partition coefficient (Wildman–Crippen LogP) is 6.25. The third kappa shape index (κ3) is 4.40. The van der Waals surface area contributed by atoms with Gasteiger partial charge in [-0.3, -0.25) is 9.69 Å². The number of hydrogen-bond acceptors (Lipinski definition) is 2. The molecule has 1 aliphatic carbocycles. The Hall–Kier alpha value is -1.98. The zero-order valence-electron chi connectivity index (χ0n) is 21.1. The van der Waals surface area contributed by atoms with Crippen molar-refractivity contribution in [3.8, 4) is 0 Å². The van der Waals surface area contributed by atoms with Crippen molar-refractivity contribution in [2.45, 2.75) is 70.3 Å². The predicted molar refractivity (Wildman–Crippen MR) is 136 cm³/mol. The Morgan fingerprint density at radius 3 is 2.43 bits per heavy atom. The molecule has 0 aromatic heterocycles. The van der Waals surface area contributed by atoms with Gasteiger partial charge in [0, 0.05) is 48.7 Å². The van der Waals surface area contributed by atoms with E-state index in [-0.39, 0.29) is 28.7 Å². The van der Waals surface area contributed by atoms with E-state index in [1.165, 1.54) is 23.3 Å². The SMILES string of the molecule is Cc1cc2c(cc1Cl)CCC21CCN(C(=O)[C@@H]2CN(C(C)(C)C)C[C@H]2c2ccc(F)cc2F)CC1. The quantitative estimate of drug-likeness (QED) is 0.486. The number of benzene rings is 2. The summed E-state index contributed by atoms with van der Waals surface area (Å²) in [7, 11) is 0. The van der Waals surface area contributed by atoms with Crippen molar-refractivity contribution in [2.24, 2.45) is 5.92 Å². The molecule has 35 heavy (non-hydrogen) atoms. The maximum Gasteiger partial charge on any atom is 0.227 e. The summed E-state index contributed by atoms with van der Waals surface area (Å²) in [5.74, 6) is -1.66. The van der Waals surface area contributed by atoms with E-state index in [1.54, 1.807) is 0 Å². The zero-order valence-corrected chi connectivity index (χ0v) is 21.9. The van der Waals surface area contributed by atoms with Crippen LogP contribution >= 0.6 is 11.6 Å². The smallest absolute Gasteiger partial charge is 0.227 e. The highest BCUT2D eigenvalue weighted by molar-refractivity contribution is 6.31. The molecule has 2 saturated heterocycles. The maximum absolute atomic E-state index is 14.8.